The Morgan fingerprint density at radius 3 is 1.29 bits per heavy atom. The Hall–Kier alpha value is -3.14. The molecule has 4 heteroatoms. The van der Waals surface area contributed by atoms with Crippen LogP contribution in [0.1, 0.15) is 75.2 Å². The number of fused-ring (bicyclic) bond motifs is 7. The lowest BCUT2D eigenvalue weighted by Gasteiger charge is -2.25. The van der Waals surface area contributed by atoms with Crippen molar-refractivity contribution in [1.82, 2.24) is 19.9 Å². The van der Waals surface area contributed by atoms with Gasteiger partial charge in [0.15, 0.2) is 5.65 Å². The topological polar surface area (TPSA) is 51.6 Å². The van der Waals surface area contributed by atoms with Crippen LogP contribution in [-0.4, -0.2) is 19.9 Å². The maximum atomic E-state index is 5.13. The summed E-state index contributed by atoms with van der Waals surface area (Å²) < 4.78 is 0. The summed E-state index contributed by atoms with van der Waals surface area (Å²) in [6, 6.07) is 13.4. The number of hydrogen-bond donors (Lipinski definition) is 0. The van der Waals surface area contributed by atoms with Gasteiger partial charge in [-0.25, -0.2) is 9.97 Å². The van der Waals surface area contributed by atoms with E-state index in [2.05, 4.69) is 77.9 Å². The van der Waals surface area contributed by atoms with E-state index in [9.17, 15) is 0 Å². The van der Waals surface area contributed by atoms with Gasteiger partial charge in [0.05, 0.1) is 22.8 Å². The highest BCUT2D eigenvalue weighted by molar-refractivity contribution is 5.85. The highest BCUT2D eigenvalue weighted by atomic mass is 14.9. The minimum absolute atomic E-state index is 0.000946. The fraction of sp³-hybridized carbons (Fsp3) is 0.400. The number of pyridine rings is 4. The van der Waals surface area contributed by atoms with Crippen molar-refractivity contribution in [3.05, 3.63) is 70.0 Å². The summed E-state index contributed by atoms with van der Waals surface area (Å²) in [6.45, 7) is 13.3. The summed E-state index contributed by atoms with van der Waals surface area (Å²) >= 11 is 0. The third kappa shape index (κ3) is 3.43. The summed E-state index contributed by atoms with van der Waals surface area (Å²) in [4.78, 5) is 20.4. The lowest BCUT2D eigenvalue weighted by molar-refractivity contribution is 0.568. The van der Waals surface area contributed by atoms with Gasteiger partial charge in [-0.1, -0.05) is 53.7 Å². The Morgan fingerprint density at radius 1 is 0.500 bits per heavy atom. The molecule has 0 bridgehead atoms. The summed E-state index contributed by atoms with van der Waals surface area (Å²) in [5.41, 5.74) is 12.2. The maximum absolute atomic E-state index is 5.13. The van der Waals surface area contributed by atoms with Crippen LogP contribution in [0.4, 0.5) is 0 Å². The lowest BCUT2D eigenvalue weighted by atomic mass is 9.86. The number of nitrogens with zero attached hydrogens (tertiary/aromatic N) is 4. The van der Waals surface area contributed by atoms with Gasteiger partial charge in [-0.05, 0) is 72.2 Å². The first-order valence-corrected chi connectivity index (χ1v) is 12.4. The predicted molar refractivity (Wildman–Crippen MR) is 138 cm³/mol. The van der Waals surface area contributed by atoms with Crippen molar-refractivity contribution >= 4 is 11.0 Å². The summed E-state index contributed by atoms with van der Waals surface area (Å²) in [6.07, 6.45) is 4.02. The van der Waals surface area contributed by atoms with Gasteiger partial charge < -0.3 is 0 Å². The van der Waals surface area contributed by atoms with E-state index in [-0.39, 0.29) is 10.8 Å². The molecule has 4 nitrogen and oxygen atoms in total. The van der Waals surface area contributed by atoms with Crippen LogP contribution in [0.25, 0.3) is 33.8 Å². The molecule has 0 saturated carbocycles. The molecule has 0 amide bonds. The molecule has 4 heterocycles. The minimum atomic E-state index is 0.000946. The second kappa shape index (κ2) is 7.18. The monoisotopic (exact) mass is 448 g/mol. The van der Waals surface area contributed by atoms with E-state index < -0.39 is 0 Å². The van der Waals surface area contributed by atoms with Gasteiger partial charge in [0.2, 0.25) is 0 Å². The first-order chi connectivity index (χ1) is 16.1. The van der Waals surface area contributed by atoms with Crippen LogP contribution in [0.15, 0.2) is 36.4 Å². The van der Waals surface area contributed by atoms with Gasteiger partial charge in [0.1, 0.15) is 0 Å². The van der Waals surface area contributed by atoms with Gasteiger partial charge in [-0.15, -0.1) is 0 Å². The van der Waals surface area contributed by atoms with E-state index in [1.165, 1.54) is 22.3 Å². The third-order valence-electron chi connectivity index (χ3n) is 7.23. The molecule has 0 fully saturated rings. The molecule has 0 aliphatic heterocycles. The molecule has 4 aromatic heterocycles. The summed E-state index contributed by atoms with van der Waals surface area (Å²) in [7, 11) is 0. The van der Waals surface area contributed by atoms with Crippen LogP contribution >= 0.6 is 0 Å². The number of rotatable bonds is 0. The molecule has 0 spiro atoms. The van der Waals surface area contributed by atoms with Gasteiger partial charge in [0.25, 0.3) is 0 Å². The van der Waals surface area contributed by atoms with E-state index in [4.69, 9.17) is 19.9 Å². The molecule has 0 atom stereocenters. The quantitative estimate of drug-likeness (QED) is 0.306. The predicted octanol–water partition coefficient (Wildman–Crippen LogP) is 6.55. The number of aryl methyl sites for hydroxylation is 4. The molecule has 0 N–H and O–H groups in total. The van der Waals surface area contributed by atoms with Crippen LogP contribution < -0.4 is 0 Å². The first-order valence-electron chi connectivity index (χ1n) is 12.4. The van der Waals surface area contributed by atoms with Crippen LogP contribution in [0.3, 0.4) is 0 Å². The number of hydrogen-bond acceptors (Lipinski definition) is 4. The smallest absolute Gasteiger partial charge is 0.160 e. The Balaban J connectivity index is 1.54. The van der Waals surface area contributed by atoms with Crippen LogP contribution in [-0.2, 0) is 36.5 Å². The lowest BCUT2D eigenvalue weighted by Crippen LogP contribution is -2.17. The first kappa shape index (κ1) is 21.4. The Bertz CT molecular complexity index is 1360. The molecule has 6 rings (SSSR count). The highest BCUT2D eigenvalue weighted by Crippen LogP contribution is 2.38. The second-order valence-corrected chi connectivity index (χ2v) is 11.9. The van der Waals surface area contributed by atoms with E-state index >= 15 is 0 Å². The molecule has 0 aromatic carbocycles. The molecule has 2 aliphatic carbocycles. The SMILES string of the molecule is CC(C)(C)c1ccc2c(n1)-c1nc3nc4c(cc3cc1CC2)CCc1ccc(C(C)(C)C)nc1-4. The second-order valence-electron chi connectivity index (χ2n) is 11.9. The molecular formula is C30H32N4. The van der Waals surface area contributed by atoms with Crippen molar-refractivity contribution in [3.63, 3.8) is 0 Å². The fourth-order valence-corrected chi connectivity index (χ4v) is 5.15. The zero-order valence-electron chi connectivity index (χ0n) is 21.1. The van der Waals surface area contributed by atoms with E-state index in [0.717, 1.165) is 70.9 Å². The average molecular weight is 449 g/mol. The van der Waals surface area contributed by atoms with Gasteiger partial charge in [-0.2, -0.15) is 0 Å². The molecule has 172 valence electrons. The zero-order valence-corrected chi connectivity index (χ0v) is 21.1. The van der Waals surface area contributed by atoms with E-state index in [1.807, 2.05) is 0 Å². The van der Waals surface area contributed by atoms with E-state index in [0.29, 0.717) is 0 Å². The maximum Gasteiger partial charge on any atom is 0.160 e. The van der Waals surface area contributed by atoms with Crippen LogP contribution in [0.2, 0.25) is 0 Å². The highest BCUT2D eigenvalue weighted by Gasteiger charge is 2.26. The third-order valence-corrected chi connectivity index (χ3v) is 7.23. The molecule has 34 heavy (non-hydrogen) atoms. The molecular weight excluding hydrogens is 416 g/mol. The van der Waals surface area contributed by atoms with Gasteiger partial charge in [-0.3, -0.25) is 9.97 Å². The van der Waals surface area contributed by atoms with Crippen molar-refractivity contribution < 1.29 is 0 Å². The van der Waals surface area contributed by atoms with Crippen molar-refractivity contribution in [1.29, 1.82) is 0 Å². The number of aromatic nitrogens is 4. The van der Waals surface area contributed by atoms with Gasteiger partial charge in [0, 0.05) is 27.6 Å². The normalized spacial score (nSPS) is 14.9. The average Bonchev–Trinajstić information content (AvgIpc) is 2.79. The molecule has 0 unspecified atom stereocenters. The van der Waals surface area contributed by atoms with Crippen molar-refractivity contribution in [3.8, 4) is 22.8 Å². The molecule has 0 saturated heterocycles. The molecule has 4 aromatic rings. The van der Waals surface area contributed by atoms with Crippen molar-refractivity contribution in [2.45, 2.75) is 78.1 Å². The van der Waals surface area contributed by atoms with Gasteiger partial charge >= 0.3 is 0 Å². The Morgan fingerprint density at radius 2 is 0.882 bits per heavy atom. The van der Waals surface area contributed by atoms with Crippen molar-refractivity contribution in [2.75, 3.05) is 0 Å². The Kier molecular flexibility index (Phi) is 4.52. The largest absolute Gasteiger partial charge is 0.250 e. The van der Waals surface area contributed by atoms with E-state index in [1.54, 1.807) is 0 Å². The minimum Gasteiger partial charge on any atom is -0.250 e. The Labute approximate surface area is 201 Å². The van der Waals surface area contributed by atoms with Crippen molar-refractivity contribution in [2.24, 2.45) is 0 Å². The van der Waals surface area contributed by atoms with Crippen LogP contribution in [0, 0.1) is 0 Å². The molecule has 2 aliphatic rings. The fourth-order valence-electron chi connectivity index (χ4n) is 5.15. The standard InChI is InChI=1S/C30H32N4/c1-29(2,3)22-13-11-17-7-9-19-15-21-16-20-10-8-18-12-14-23(30(4,5)6)32-25(18)27(20)34-28(21)33-26(19)24(17)31-22/h11-16H,7-10H2,1-6H3. The summed E-state index contributed by atoms with van der Waals surface area (Å²) in [5.74, 6) is 0. The summed E-state index contributed by atoms with van der Waals surface area (Å²) in [5, 5.41) is 1.13. The van der Waals surface area contributed by atoms with Crippen LogP contribution in [0.5, 0.6) is 0 Å². The molecule has 0 radical (unpaired) electrons. The zero-order chi connectivity index (χ0) is 23.8.